The van der Waals surface area contributed by atoms with Gasteiger partial charge in [0.2, 0.25) is 14.2 Å². The molecule has 1 saturated heterocycles. The zero-order valence-electron chi connectivity index (χ0n) is 24.7. The van der Waals surface area contributed by atoms with Crippen LogP contribution >= 0.6 is 24.3 Å². The molecular weight excluding hydrogens is 601 g/mol. The van der Waals surface area contributed by atoms with Crippen LogP contribution in [0.5, 0.6) is 0 Å². The summed E-state index contributed by atoms with van der Waals surface area (Å²) in [4.78, 5) is 41.1. The molecule has 2 aromatic carbocycles. The van der Waals surface area contributed by atoms with Gasteiger partial charge in [0.05, 0.1) is 6.42 Å². The average Bonchev–Trinajstić information content (AvgIpc) is 2.96. The van der Waals surface area contributed by atoms with Gasteiger partial charge < -0.3 is 18.7 Å². The second-order valence-electron chi connectivity index (χ2n) is 11.3. The third kappa shape index (κ3) is 8.32. The van der Waals surface area contributed by atoms with Crippen LogP contribution in [0.1, 0.15) is 37.0 Å². The normalized spacial score (nSPS) is 18.9. The van der Waals surface area contributed by atoms with Crippen LogP contribution in [0.3, 0.4) is 0 Å². The summed E-state index contributed by atoms with van der Waals surface area (Å²) in [6, 6.07) is 17.6. The fraction of sp³-hybridized carbons (Fsp3) is 0.312. The van der Waals surface area contributed by atoms with E-state index < -0.39 is 37.3 Å². The molecule has 226 valence electrons. The van der Waals surface area contributed by atoms with Crippen molar-refractivity contribution in [3.8, 4) is 0 Å². The summed E-state index contributed by atoms with van der Waals surface area (Å²) < 4.78 is 17.9. The van der Waals surface area contributed by atoms with E-state index >= 15 is 0 Å². The Labute approximate surface area is 263 Å². The molecule has 4 rings (SSSR count). The minimum atomic E-state index is -2.14. The average molecular weight is 637 g/mol. The lowest BCUT2D eigenvalue weighted by atomic mass is 9.98. The molecule has 11 heteroatoms. The molecule has 1 N–H and O–H groups in total. The molecule has 2 aromatic rings. The van der Waals surface area contributed by atoms with Crippen LogP contribution in [-0.4, -0.2) is 53.5 Å². The van der Waals surface area contributed by atoms with E-state index in [0.29, 0.717) is 22.6 Å². The van der Waals surface area contributed by atoms with E-state index in [1.807, 2.05) is 86.4 Å². The molecule has 1 heterocycles. The van der Waals surface area contributed by atoms with Crippen LogP contribution in [-0.2, 0) is 27.7 Å². The smallest absolute Gasteiger partial charge is 0.334 e. The maximum Gasteiger partial charge on any atom is 0.334 e. The van der Waals surface area contributed by atoms with E-state index in [4.69, 9.17) is 25.6 Å². The van der Waals surface area contributed by atoms with Crippen molar-refractivity contribution < 1.29 is 27.7 Å². The predicted molar refractivity (Wildman–Crippen MR) is 174 cm³/mol. The van der Waals surface area contributed by atoms with Crippen molar-refractivity contribution in [2.45, 2.75) is 56.5 Å². The standard InChI is InChI=1S/C32H36N2O6S2Si/c1-22(2)29(31(37)39-30(23-13-8-6-9-14-23)24-15-10-7-11-16-24)34-28(36)20-32(34,42-40-43(3,4)5)33-27(35)21-38-25-17-12-18-26(41)19-25/h6-17,19,29-30H,1,18,20-21H2,2-5H3,(H,33,35). The number of benzene rings is 2. The topological polar surface area (TPSA) is 94.2 Å². The highest BCUT2D eigenvalue weighted by atomic mass is 32.2. The van der Waals surface area contributed by atoms with Crippen molar-refractivity contribution in [3.63, 3.8) is 0 Å². The van der Waals surface area contributed by atoms with Crippen molar-refractivity contribution in [2.75, 3.05) is 6.61 Å². The Kier molecular flexibility index (Phi) is 10.4. The zero-order valence-corrected chi connectivity index (χ0v) is 27.3. The SMILES string of the molecule is C=C(C)C(C(=O)OC(c1ccccc1)c1ccccc1)N1C(=O)CC1(NC(=O)COC1=CC(=S)CC=C1)SO[Si](C)(C)C. The van der Waals surface area contributed by atoms with Gasteiger partial charge in [-0.05, 0) is 55.4 Å². The number of amides is 2. The summed E-state index contributed by atoms with van der Waals surface area (Å²) in [5.41, 5.74) is 1.93. The Hall–Kier alpha value is -3.51. The lowest BCUT2D eigenvalue weighted by Crippen LogP contribution is -2.74. The van der Waals surface area contributed by atoms with Gasteiger partial charge in [0.1, 0.15) is 5.76 Å². The van der Waals surface area contributed by atoms with Crippen LogP contribution in [0.15, 0.2) is 96.8 Å². The number of nitrogens with zero attached hydrogens (tertiary/aromatic N) is 1. The number of thiocarbonyl (C=S) groups is 1. The number of carbonyl (C=O) groups excluding carboxylic acids is 3. The molecule has 2 atom stereocenters. The summed E-state index contributed by atoms with van der Waals surface area (Å²) >= 11 is 6.20. The van der Waals surface area contributed by atoms with Gasteiger partial charge in [-0.15, -0.1) is 0 Å². The molecule has 0 radical (unpaired) electrons. The molecule has 2 unspecified atom stereocenters. The first kappa shape index (κ1) is 32.4. The number of allylic oxidation sites excluding steroid dienone is 3. The van der Waals surface area contributed by atoms with E-state index in [9.17, 15) is 14.4 Å². The molecule has 1 fully saturated rings. The Morgan fingerprint density at radius 2 is 1.70 bits per heavy atom. The first-order valence-corrected chi connectivity index (χ1v) is 18.4. The van der Waals surface area contributed by atoms with Crippen molar-refractivity contribution in [1.29, 1.82) is 0 Å². The summed E-state index contributed by atoms with van der Waals surface area (Å²) in [5, 5.41) is 2.91. The number of esters is 1. The maximum atomic E-state index is 14.0. The van der Waals surface area contributed by atoms with Crippen LogP contribution in [0.4, 0.5) is 0 Å². The number of β-lactam (4-membered cyclic amide) rings is 1. The highest BCUT2D eigenvalue weighted by Gasteiger charge is 2.59. The van der Waals surface area contributed by atoms with Gasteiger partial charge in [-0.2, -0.15) is 0 Å². The molecule has 1 aliphatic heterocycles. The van der Waals surface area contributed by atoms with Crippen molar-refractivity contribution in [1.82, 2.24) is 10.2 Å². The fourth-order valence-electron chi connectivity index (χ4n) is 4.57. The molecule has 8 nitrogen and oxygen atoms in total. The van der Waals surface area contributed by atoms with Crippen molar-refractivity contribution in [2.24, 2.45) is 0 Å². The van der Waals surface area contributed by atoms with Crippen molar-refractivity contribution in [3.05, 3.63) is 108 Å². The molecule has 0 aromatic heterocycles. The first-order chi connectivity index (χ1) is 20.4. The maximum absolute atomic E-state index is 14.0. The minimum Gasteiger partial charge on any atom is -0.484 e. The van der Waals surface area contributed by atoms with Gasteiger partial charge in [-0.25, -0.2) is 4.79 Å². The summed E-state index contributed by atoms with van der Waals surface area (Å²) in [7, 11) is -2.14. The second-order valence-corrected chi connectivity index (χ2v) is 17.6. The number of carbonyl (C=O) groups is 3. The number of nitrogens with one attached hydrogen (secondary N) is 1. The van der Waals surface area contributed by atoms with E-state index in [0.717, 1.165) is 23.2 Å². The highest BCUT2D eigenvalue weighted by Crippen LogP contribution is 2.45. The third-order valence-corrected chi connectivity index (χ3v) is 9.81. The Morgan fingerprint density at radius 3 is 2.21 bits per heavy atom. The number of ether oxygens (including phenoxy) is 2. The molecule has 0 spiro atoms. The molecular formula is C32H36N2O6S2Si. The van der Waals surface area contributed by atoms with Gasteiger partial charge >= 0.3 is 5.97 Å². The monoisotopic (exact) mass is 636 g/mol. The fourth-order valence-corrected chi connectivity index (χ4v) is 6.96. The Bertz CT molecular complexity index is 1400. The predicted octanol–water partition coefficient (Wildman–Crippen LogP) is 6.00. The first-order valence-electron chi connectivity index (χ1n) is 13.9. The lowest BCUT2D eigenvalue weighted by molar-refractivity contribution is -0.170. The van der Waals surface area contributed by atoms with Gasteiger partial charge in [-0.3, -0.25) is 14.5 Å². The van der Waals surface area contributed by atoms with Crippen LogP contribution in [0, 0.1) is 0 Å². The molecule has 1 aliphatic carbocycles. The second kappa shape index (κ2) is 13.9. The molecule has 2 amide bonds. The highest BCUT2D eigenvalue weighted by molar-refractivity contribution is 7.97. The van der Waals surface area contributed by atoms with E-state index in [-0.39, 0.29) is 18.9 Å². The number of rotatable bonds is 13. The lowest BCUT2D eigenvalue weighted by Gasteiger charge is -2.53. The molecule has 2 aliphatic rings. The van der Waals surface area contributed by atoms with E-state index in [1.165, 1.54) is 4.90 Å². The van der Waals surface area contributed by atoms with E-state index in [1.54, 1.807) is 19.1 Å². The molecule has 0 saturated carbocycles. The molecule has 0 bridgehead atoms. The summed E-state index contributed by atoms with van der Waals surface area (Å²) in [6.45, 7) is 11.3. The van der Waals surface area contributed by atoms with E-state index in [2.05, 4.69) is 11.9 Å². The number of likely N-dealkylation sites (tertiary alicyclic amines) is 1. The number of hydrogen-bond donors (Lipinski definition) is 1. The van der Waals surface area contributed by atoms with Crippen LogP contribution in [0.25, 0.3) is 0 Å². The minimum absolute atomic E-state index is 0.0849. The Morgan fingerprint density at radius 1 is 1.09 bits per heavy atom. The van der Waals surface area contributed by atoms with Crippen LogP contribution in [0.2, 0.25) is 19.6 Å². The van der Waals surface area contributed by atoms with Gasteiger partial charge in [0.25, 0.3) is 5.91 Å². The quantitative estimate of drug-likeness (QED) is 0.0545. The van der Waals surface area contributed by atoms with Gasteiger partial charge in [0, 0.05) is 23.3 Å². The van der Waals surface area contributed by atoms with Gasteiger partial charge in [-0.1, -0.05) is 85.5 Å². The van der Waals surface area contributed by atoms with Gasteiger partial charge in [0.15, 0.2) is 23.7 Å². The zero-order chi connectivity index (χ0) is 31.2. The summed E-state index contributed by atoms with van der Waals surface area (Å²) in [6.07, 6.45) is 5.15. The number of hydrogen-bond acceptors (Lipinski definition) is 8. The van der Waals surface area contributed by atoms with Crippen molar-refractivity contribution >= 4 is 55.2 Å². The third-order valence-electron chi connectivity index (χ3n) is 6.47. The Balaban J connectivity index is 1.61. The molecule has 43 heavy (non-hydrogen) atoms. The largest absolute Gasteiger partial charge is 0.484 e. The summed E-state index contributed by atoms with van der Waals surface area (Å²) in [5.74, 6) is -1.04. The van der Waals surface area contributed by atoms with Crippen LogP contribution < -0.4 is 5.32 Å².